The highest BCUT2D eigenvalue weighted by atomic mass is 32.2. The quantitative estimate of drug-likeness (QED) is 0.386. The zero-order chi connectivity index (χ0) is 21.5. The van der Waals surface area contributed by atoms with Crippen molar-refractivity contribution in [3.05, 3.63) is 76.2 Å². The molecule has 3 heterocycles. The number of hydrogen-bond acceptors (Lipinski definition) is 7. The summed E-state index contributed by atoms with van der Waals surface area (Å²) in [5.74, 6) is 2.21. The summed E-state index contributed by atoms with van der Waals surface area (Å²) >= 11 is 1.44. The molecule has 8 nitrogen and oxygen atoms in total. The van der Waals surface area contributed by atoms with E-state index in [2.05, 4.69) is 34.2 Å². The lowest BCUT2D eigenvalue weighted by atomic mass is 10.0. The van der Waals surface area contributed by atoms with Gasteiger partial charge < -0.3 is 4.42 Å². The highest BCUT2D eigenvalue weighted by molar-refractivity contribution is 7.98. The smallest absolute Gasteiger partial charge is 0.267 e. The monoisotopic (exact) mass is 432 g/mol. The average molecular weight is 433 g/mol. The van der Waals surface area contributed by atoms with Crippen molar-refractivity contribution in [1.82, 2.24) is 29.4 Å². The first kappa shape index (κ1) is 19.5. The van der Waals surface area contributed by atoms with Gasteiger partial charge in [0.1, 0.15) is 0 Å². The number of aryl methyl sites for hydroxylation is 1. The third-order valence-corrected chi connectivity index (χ3v) is 6.00. The first-order valence-corrected chi connectivity index (χ1v) is 10.9. The molecular formula is C22H20N6O2S. The van der Waals surface area contributed by atoms with Gasteiger partial charge in [-0.3, -0.25) is 9.20 Å². The van der Waals surface area contributed by atoms with Gasteiger partial charge in [0.25, 0.3) is 5.56 Å². The van der Waals surface area contributed by atoms with E-state index in [-0.39, 0.29) is 11.5 Å². The minimum absolute atomic E-state index is 0.118. The summed E-state index contributed by atoms with van der Waals surface area (Å²) in [6.07, 6.45) is 0. The van der Waals surface area contributed by atoms with Gasteiger partial charge in [-0.25, -0.2) is 4.57 Å². The first-order valence-electron chi connectivity index (χ1n) is 9.94. The van der Waals surface area contributed by atoms with Crippen LogP contribution in [0, 0.1) is 6.92 Å². The van der Waals surface area contributed by atoms with Gasteiger partial charge in [-0.2, -0.15) is 0 Å². The van der Waals surface area contributed by atoms with Gasteiger partial charge in [0.05, 0.1) is 22.3 Å². The van der Waals surface area contributed by atoms with Gasteiger partial charge in [0.2, 0.25) is 17.6 Å². The van der Waals surface area contributed by atoms with Gasteiger partial charge in [0, 0.05) is 6.92 Å². The number of para-hydroxylation sites is 2. The lowest BCUT2D eigenvalue weighted by Gasteiger charge is -2.16. The maximum atomic E-state index is 13.6. The van der Waals surface area contributed by atoms with Crippen molar-refractivity contribution in [3.63, 3.8) is 0 Å². The van der Waals surface area contributed by atoms with Crippen LogP contribution in [0.5, 0.6) is 0 Å². The molecule has 2 aromatic carbocycles. The number of nitrogens with zero attached hydrogens (tertiary/aromatic N) is 6. The standard InChI is InChI=1S/C22H20N6O2S/c1-13(2)15-8-4-6-10-17(15)27-20(29)16-9-5-7-11-18(16)28-21(27)25-26-22(28)31-12-19-24-23-14(3)30-19/h4-11,13H,12H2,1-3H3. The van der Waals surface area contributed by atoms with Gasteiger partial charge >= 0.3 is 0 Å². The number of hydrogen-bond donors (Lipinski definition) is 0. The van der Waals surface area contributed by atoms with Gasteiger partial charge in [0.15, 0.2) is 5.16 Å². The molecule has 5 aromatic rings. The molecule has 0 saturated carbocycles. The van der Waals surface area contributed by atoms with E-state index in [1.54, 1.807) is 11.5 Å². The second-order valence-corrected chi connectivity index (χ2v) is 8.44. The largest absolute Gasteiger partial charge is 0.425 e. The third-order valence-electron chi connectivity index (χ3n) is 5.09. The van der Waals surface area contributed by atoms with Crippen molar-refractivity contribution in [2.75, 3.05) is 0 Å². The molecule has 0 saturated heterocycles. The molecule has 0 fully saturated rings. The maximum absolute atomic E-state index is 13.6. The van der Waals surface area contributed by atoms with E-state index in [1.807, 2.05) is 52.9 Å². The summed E-state index contributed by atoms with van der Waals surface area (Å²) in [7, 11) is 0. The van der Waals surface area contributed by atoms with Crippen molar-refractivity contribution in [3.8, 4) is 5.69 Å². The predicted molar refractivity (Wildman–Crippen MR) is 119 cm³/mol. The Labute approximate surface area is 181 Å². The second kappa shape index (κ2) is 7.66. The van der Waals surface area contributed by atoms with Crippen molar-refractivity contribution in [1.29, 1.82) is 0 Å². The van der Waals surface area contributed by atoms with Crippen LogP contribution < -0.4 is 5.56 Å². The summed E-state index contributed by atoms with van der Waals surface area (Å²) in [6.45, 7) is 5.98. The fraction of sp³-hybridized carbons (Fsp3) is 0.227. The van der Waals surface area contributed by atoms with Crippen LogP contribution in [-0.2, 0) is 5.75 Å². The fourth-order valence-corrected chi connectivity index (χ4v) is 4.47. The van der Waals surface area contributed by atoms with E-state index in [9.17, 15) is 4.79 Å². The lowest BCUT2D eigenvalue weighted by Crippen LogP contribution is -2.23. The molecule has 0 atom stereocenters. The minimum atomic E-state index is -0.118. The van der Waals surface area contributed by atoms with Crippen LogP contribution in [0.1, 0.15) is 37.1 Å². The zero-order valence-corrected chi connectivity index (χ0v) is 18.1. The highest BCUT2D eigenvalue weighted by Gasteiger charge is 2.20. The minimum Gasteiger partial charge on any atom is -0.425 e. The van der Waals surface area contributed by atoms with Crippen LogP contribution in [-0.4, -0.2) is 29.4 Å². The summed E-state index contributed by atoms with van der Waals surface area (Å²) in [5, 5.41) is 18.0. The number of thioether (sulfide) groups is 1. The fourth-order valence-electron chi connectivity index (χ4n) is 3.69. The van der Waals surface area contributed by atoms with Crippen molar-refractivity contribution >= 4 is 28.4 Å². The Kier molecular flexibility index (Phi) is 4.82. The van der Waals surface area contributed by atoms with E-state index < -0.39 is 0 Å². The van der Waals surface area contributed by atoms with Crippen LogP contribution >= 0.6 is 11.8 Å². The predicted octanol–water partition coefficient (Wildman–Crippen LogP) is 4.14. The van der Waals surface area contributed by atoms with Crippen molar-refractivity contribution in [2.45, 2.75) is 37.6 Å². The van der Waals surface area contributed by atoms with Crippen molar-refractivity contribution in [2.24, 2.45) is 0 Å². The maximum Gasteiger partial charge on any atom is 0.267 e. The molecule has 9 heteroatoms. The molecule has 0 radical (unpaired) electrons. The van der Waals surface area contributed by atoms with Gasteiger partial charge in [-0.05, 0) is 29.7 Å². The number of benzene rings is 2. The van der Waals surface area contributed by atoms with Crippen LogP contribution in [0.2, 0.25) is 0 Å². The Morgan fingerprint density at radius 3 is 2.55 bits per heavy atom. The van der Waals surface area contributed by atoms with E-state index in [0.29, 0.717) is 33.9 Å². The summed E-state index contributed by atoms with van der Waals surface area (Å²) in [6, 6.07) is 15.4. The third kappa shape index (κ3) is 3.31. The van der Waals surface area contributed by atoms with E-state index in [4.69, 9.17) is 4.42 Å². The SMILES string of the molecule is Cc1nnc(CSc2nnc3n(-c4ccccc4C(C)C)c(=O)c4ccccc4n23)o1. The molecule has 5 rings (SSSR count). The topological polar surface area (TPSA) is 91.1 Å². The molecule has 0 unspecified atom stereocenters. The first-order chi connectivity index (χ1) is 15.0. The Balaban J connectivity index is 1.76. The molecule has 0 bridgehead atoms. The molecule has 0 amide bonds. The summed E-state index contributed by atoms with van der Waals surface area (Å²) in [4.78, 5) is 13.6. The molecule has 0 aliphatic heterocycles. The van der Waals surface area contributed by atoms with E-state index >= 15 is 0 Å². The average Bonchev–Trinajstić information content (AvgIpc) is 3.39. The van der Waals surface area contributed by atoms with E-state index in [1.165, 1.54) is 11.8 Å². The van der Waals surface area contributed by atoms with Crippen LogP contribution in [0.15, 0.2) is 62.9 Å². The Morgan fingerprint density at radius 1 is 1.00 bits per heavy atom. The lowest BCUT2D eigenvalue weighted by molar-refractivity contribution is 0.485. The molecule has 31 heavy (non-hydrogen) atoms. The molecule has 0 aliphatic rings. The van der Waals surface area contributed by atoms with Crippen LogP contribution in [0.25, 0.3) is 22.4 Å². The summed E-state index contributed by atoms with van der Waals surface area (Å²) < 4.78 is 9.06. The van der Waals surface area contributed by atoms with E-state index in [0.717, 1.165) is 16.8 Å². The Morgan fingerprint density at radius 2 is 1.77 bits per heavy atom. The van der Waals surface area contributed by atoms with Gasteiger partial charge in [-0.1, -0.05) is 55.9 Å². The molecule has 156 valence electrons. The number of rotatable bonds is 5. The van der Waals surface area contributed by atoms with Crippen LogP contribution in [0.4, 0.5) is 0 Å². The van der Waals surface area contributed by atoms with Crippen molar-refractivity contribution < 1.29 is 4.42 Å². The molecule has 0 spiro atoms. The zero-order valence-electron chi connectivity index (χ0n) is 17.3. The molecule has 0 aliphatic carbocycles. The highest BCUT2D eigenvalue weighted by Crippen LogP contribution is 2.28. The molecule has 0 N–H and O–H groups in total. The second-order valence-electron chi connectivity index (χ2n) is 7.49. The normalized spacial score (nSPS) is 11.7. The Hall–Kier alpha value is -3.46. The molecule has 3 aromatic heterocycles. The van der Waals surface area contributed by atoms with Gasteiger partial charge in [-0.15, -0.1) is 20.4 Å². The molecular weight excluding hydrogens is 412 g/mol. The number of aromatic nitrogens is 6. The number of fused-ring (bicyclic) bond motifs is 3. The Bertz CT molecular complexity index is 1470. The van der Waals surface area contributed by atoms with Crippen LogP contribution in [0.3, 0.4) is 0 Å². The summed E-state index contributed by atoms with van der Waals surface area (Å²) in [5.41, 5.74) is 2.53.